The van der Waals surface area contributed by atoms with Crippen LogP contribution in [0.3, 0.4) is 0 Å². The molecule has 1 heteroatoms. The third-order valence-electron chi connectivity index (χ3n) is 8.84. The van der Waals surface area contributed by atoms with E-state index in [4.69, 9.17) is 0 Å². The van der Waals surface area contributed by atoms with Crippen LogP contribution in [-0.4, -0.2) is 4.57 Å². The van der Waals surface area contributed by atoms with Gasteiger partial charge in [-0.2, -0.15) is 0 Å². The standard InChI is InChI=1S/C37H33N/c1-5-25-17-18-26(16-15-24(25)2)27-19-20-35-31(21-27)32-22-30-29-13-9-10-14-33(29)37(3,4)34(30)23-36(32)38(35)28-11-7-6-8-12-28/h6-14,16-23H,5,15H2,1-4H3. The van der Waals surface area contributed by atoms with Crippen LogP contribution in [0.2, 0.25) is 0 Å². The number of aromatic nitrogens is 1. The summed E-state index contributed by atoms with van der Waals surface area (Å²) < 4.78 is 2.45. The number of allylic oxidation sites excluding steroid dienone is 6. The molecule has 0 N–H and O–H groups in total. The molecule has 0 saturated carbocycles. The quantitative estimate of drug-likeness (QED) is 0.237. The highest BCUT2D eigenvalue weighted by Crippen LogP contribution is 2.51. The van der Waals surface area contributed by atoms with Gasteiger partial charge in [0.05, 0.1) is 11.0 Å². The molecule has 7 rings (SSSR count). The topological polar surface area (TPSA) is 4.93 Å². The Morgan fingerprint density at radius 1 is 0.737 bits per heavy atom. The van der Waals surface area contributed by atoms with Gasteiger partial charge in [0, 0.05) is 21.9 Å². The van der Waals surface area contributed by atoms with E-state index in [0.29, 0.717) is 0 Å². The zero-order valence-corrected chi connectivity index (χ0v) is 22.7. The molecule has 1 heterocycles. The second-order valence-corrected chi connectivity index (χ2v) is 11.3. The molecule has 0 aliphatic heterocycles. The molecule has 2 aliphatic carbocycles. The van der Waals surface area contributed by atoms with E-state index in [1.807, 2.05) is 0 Å². The third-order valence-corrected chi connectivity index (χ3v) is 8.84. The van der Waals surface area contributed by atoms with Gasteiger partial charge in [-0.1, -0.05) is 93.1 Å². The number of benzene rings is 4. The summed E-state index contributed by atoms with van der Waals surface area (Å²) in [6.07, 6.45) is 9.11. The molecule has 38 heavy (non-hydrogen) atoms. The Balaban J connectivity index is 1.51. The van der Waals surface area contributed by atoms with Crippen LogP contribution < -0.4 is 0 Å². The Hall–Kier alpha value is -4.10. The van der Waals surface area contributed by atoms with Crippen LogP contribution in [-0.2, 0) is 5.41 Å². The molecule has 0 bridgehead atoms. The Morgan fingerprint density at radius 3 is 2.32 bits per heavy atom. The lowest BCUT2D eigenvalue weighted by atomic mass is 9.82. The van der Waals surface area contributed by atoms with Gasteiger partial charge in [0.25, 0.3) is 0 Å². The fourth-order valence-electron chi connectivity index (χ4n) is 6.68. The summed E-state index contributed by atoms with van der Waals surface area (Å²) in [4.78, 5) is 0. The summed E-state index contributed by atoms with van der Waals surface area (Å²) in [5, 5.41) is 2.63. The number of rotatable bonds is 3. The van der Waals surface area contributed by atoms with E-state index in [0.717, 1.165) is 12.8 Å². The largest absolute Gasteiger partial charge is 0.309 e. The Kier molecular flexibility index (Phi) is 5.13. The molecule has 0 fully saturated rings. The SMILES string of the molecule is CCC1=C(C)CC=C(c2ccc3c(c2)c2cc4c(cc2n3-c2ccccc2)C(C)(C)c2ccccc2-4)C=C1. The van der Waals surface area contributed by atoms with E-state index in [1.165, 1.54) is 72.0 Å². The van der Waals surface area contributed by atoms with Gasteiger partial charge in [-0.05, 0) is 95.1 Å². The van der Waals surface area contributed by atoms with Crippen LogP contribution in [0.4, 0.5) is 0 Å². The van der Waals surface area contributed by atoms with Gasteiger partial charge in [0.2, 0.25) is 0 Å². The fraction of sp³-hybridized carbons (Fsp3) is 0.189. The Bertz CT molecular complexity index is 1840. The minimum absolute atomic E-state index is 0.0267. The molecule has 0 atom stereocenters. The predicted octanol–water partition coefficient (Wildman–Crippen LogP) is 10.2. The van der Waals surface area contributed by atoms with Crippen molar-refractivity contribution >= 4 is 27.4 Å². The number of para-hydroxylation sites is 1. The van der Waals surface area contributed by atoms with Crippen LogP contribution >= 0.6 is 0 Å². The van der Waals surface area contributed by atoms with E-state index < -0.39 is 0 Å². The molecule has 0 spiro atoms. The minimum Gasteiger partial charge on any atom is -0.309 e. The molecule has 2 aliphatic rings. The molecule has 4 aromatic carbocycles. The van der Waals surface area contributed by atoms with Crippen molar-refractivity contribution in [3.05, 3.63) is 131 Å². The van der Waals surface area contributed by atoms with Crippen molar-refractivity contribution in [1.29, 1.82) is 0 Å². The van der Waals surface area contributed by atoms with Crippen LogP contribution in [0.5, 0.6) is 0 Å². The van der Waals surface area contributed by atoms with Crippen molar-refractivity contribution in [3.8, 4) is 16.8 Å². The summed E-state index contributed by atoms with van der Waals surface area (Å²) in [5.74, 6) is 0. The molecule has 1 nitrogen and oxygen atoms in total. The van der Waals surface area contributed by atoms with E-state index >= 15 is 0 Å². The van der Waals surface area contributed by atoms with Crippen LogP contribution in [0.15, 0.2) is 114 Å². The lowest BCUT2D eigenvalue weighted by Gasteiger charge is -2.21. The van der Waals surface area contributed by atoms with Gasteiger partial charge in [-0.3, -0.25) is 0 Å². The zero-order chi connectivity index (χ0) is 26.0. The van der Waals surface area contributed by atoms with Crippen molar-refractivity contribution < 1.29 is 0 Å². The van der Waals surface area contributed by atoms with Gasteiger partial charge in [-0.25, -0.2) is 0 Å². The van der Waals surface area contributed by atoms with E-state index in [-0.39, 0.29) is 5.41 Å². The zero-order valence-electron chi connectivity index (χ0n) is 22.7. The average molecular weight is 492 g/mol. The minimum atomic E-state index is -0.0267. The van der Waals surface area contributed by atoms with E-state index in [1.54, 1.807) is 0 Å². The first kappa shape index (κ1) is 23.0. The molecule has 0 saturated heterocycles. The van der Waals surface area contributed by atoms with Gasteiger partial charge in [-0.15, -0.1) is 0 Å². The molecular weight excluding hydrogens is 458 g/mol. The highest BCUT2D eigenvalue weighted by Gasteiger charge is 2.36. The smallest absolute Gasteiger partial charge is 0.0544 e. The summed E-state index contributed by atoms with van der Waals surface area (Å²) in [7, 11) is 0. The summed E-state index contributed by atoms with van der Waals surface area (Å²) in [6.45, 7) is 9.24. The number of hydrogen-bond donors (Lipinski definition) is 0. The van der Waals surface area contributed by atoms with Crippen LogP contribution in [0, 0.1) is 0 Å². The highest BCUT2D eigenvalue weighted by atomic mass is 15.0. The highest BCUT2D eigenvalue weighted by molar-refractivity contribution is 6.12. The summed E-state index contributed by atoms with van der Waals surface area (Å²) in [5.41, 5.74) is 14.8. The third kappa shape index (κ3) is 3.31. The molecule has 0 amide bonds. The van der Waals surface area contributed by atoms with Crippen molar-refractivity contribution in [1.82, 2.24) is 4.57 Å². The second kappa shape index (κ2) is 8.46. The van der Waals surface area contributed by atoms with Gasteiger partial charge in [0.15, 0.2) is 0 Å². The summed E-state index contributed by atoms with van der Waals surface area (Å²) >= 11 is 0. The molecule has 186 valence electrons. The summed E-state index contributed by atoms with van der Waals surface area (Å²) in [6, 6.07) is 31.7. The number of hydrogen-bond acceptors (Lipinski definition) is 0. The molecule has 1 aromatic heterocycles. The average Bonchev–Trinajstić information content (AvgIpc) is 3.28. The number of nitrogens with zero attached hydrogens (tertiary/aromatic N) is 1. The van der Waals surface area contributed by atoms with Crippen molar-refractivity contribution in [3.63, 3.8) is 0 Å². The van der Waals surface area contributed by atoms with E-state index in [2.05, 4.69) is 135 Å². The lowest BCUT2D eigenvalue weighted by molar-refractivity contribution is 0.661. The molecule has 0 unspecified atom stereocenters. The molecule has 5 aromatic rings. The molecule has 0 radical (unpaired) electrons. The van der Waals surface area contributed by atoms with Gasteiger partial charge < -0.3 is 4.57 Å². The molecular formula is C37H33N. The maximum absolute atomic E-state index is 2.46. The fourth-order valence-corrected chi connectivity index (χ4v) is 6.68. The first-order chi connectivity index (χ1) is 18.5. The maximum atomic E-state index is 2.46. The van der Waals surface area contributed by atoms with Crippen LogP contribution in [0.1, 0.15) is 57.2 Å². The van der Waals surface area contributed by atoms with Crippen LogP contribution in [0.25, 0.3) is 44.2 Å². The maximum Gasteiger partial charge on any atom is 0.0544 e. The van der Waals surface area contributed by atoms with Gasteiger partial charge >= 0.3 is 0 Å². The normalized spacial score (nSPS) is 16.1. The predicted molar refractivity (Wildman–Crippen MR) is 163 cm³/mol. The van der Waals surface area contributed by atoms with Gasteiger partial charge in [0.1, 0.15) is 0 Å². The number of fused-ring (bicyclic) bond motifs is 6. The second-order valence-electron chi connectivity index (χ2n) is 11.3. The Morgan fingerprint density at radius 2 is 1.50 bits per heavy atom. The lowest BCUT2D eigenvalue weighted by Crippen LogP contribution is -2.14. The van der Waals surface area contributed by atoms with Crippen molar-refractivity contribution in [2.45, 2.75) is 46.0 Å². The monoisotopic (exact) mass is 491 g/mol. The van der Waals surface area contributed by atoms with E-state index in [9.17, 15) is 0 Å². The first-order valence-electron chi connectivity index (χ1n) is 13.8. The first-order valence-corrected chi connectivity index (χ1v) is 13.8. The Labute approximate surface area is 225 Å². The van der Waals surface area contributed by atoms with Crippen molar-refractivity contribution in [2.24, 2.45) is 0 Å². The van der Waals surface area contributed by atoms with Crippen molar-refractivity contribution in [2.75, 3.05) is 0 Å².